The van der Waals surface area contributed by atoms with Crippen molar-refractivity contribution in [3.63, 3.8) is 0 Å². The largest absolute Gasteiger partial charge is 0.401 e. The fourth-order valence-corrected chi connectivity index (χ4v) is 3.57. The second-order valence-corrected chi connectivity index (χ2v) is 6.80. The zero-order valence-corrected chi connectivity index (χ0v) is 12.6. The number of nitrogens with zero attached hydrogens (tertiary/aromatic N) is 3. The zero-order chi connectivity index (χ0) is 15.5. The van der Waals surface area contributed by atoms with Gasteiger partial charge < -0.3 is 0 Å². The highest BCUT2D eigenvalue weighted by Gasteiger charge is 2.36. The minimum atomic E-state index is -4.09. The summed E-state index contributed by atoms with van der Waals surface area (Å²) < 4.78 is 37.1. The molecule has 0 unspecified atom stereocenters. The number of piperazine rings is 1. The van der Waals surface area contributed by atoms with Crippen LogP contribution in [0.15, 0.2) is 0 Å². The van der Waals surface area contributed by atoms with E-state index in [2.05, 4.69) is 17.9 Å². The Hall–Kier alpha value is -0.800. The summed E-state index contributed by atoms with van der Waals surface area (Å²) in [6.45, 7) is 3.86. The molecule has 0 aromatic rings. The van der Waals surface area contributed by atoms with Crippen LogP contribution in [-0.4, -0.2) is 54.7 Å². The van der Waals surface area contributed by atoms with Crippen molar-refractivity contribution in [3.05, 3.63) is 0 Å². The summed E-state index contributed by atoms with van der Waals surface area (Å²) in [6, 6.07) is 2.76. The Morgan fingerprint density at radius 1 is 1.14 bits per heavy atom. The number of hydrogen-bond donors (Lipinski definition) is 0. The molecule has 0 N–H and O–H groups in total. The van der Waals surface area contributed by atoms with Crippen LogP contribution in [0.3, 0.4) is 0 Å². The fraction of sp³-hybridized carbons (Fsp3) is 0.933. The van der Waals surface area contributed by atoms with Crippen LogP contribution >= 0.6 is 0 Å². The van der Waals surface area contributed by atoms with Crippen LogP contribution in [0.4, 0.5) is 13.2 Å². The lowest BCUT2D eigenvalue weighted by Crippen LogP contribution is -2.53. The Labute approximate surface area is 124 Å². The molecule has 0 radical (unpaired) electrons. The van der Waals surface area contributed by atoms with Crippen molar-refractivity contribution in [2.75, 3.05) is 32.7 Å². The van der Waals surface area contributed by atoms with Gasteiger partial charge in [-0.3, -0.25) is 9.80 Å². The van der Waals surface area contributed by atoms with Crippen molar-refractivity contribution >= 4 is 0 Å². The molecule has 6 heteroatoms. The lowest BCUT2D eigenvalue weighted by Gasteiger charge is -2.44. The molecule has 21 heavy (non-hydrogen) atoms. The molecule has 1 aliphatic heterocycles. The van der Waals surface area contributed by atoms with Crippen LogP contribution < -0.4 is 0 Å². The average molecular weight is 303 g/mol. The van der Waals surface area contributed by atoms with Gasteiger partial charge in [-0.15, -0.1) is 0 Å². The summed E-state index contributed by atoms with van der Waals surface area (Å²) in [5.74, 6) is 0. The normalized spacial score (nSPS) is 32.8. The summed E-state index contributed by atoms with van der Waals surface area (Å²) in [4.78, 5) is 3.85. The van der Waals surface area contributed by atoms with Gasteiger partial charge in [-0.1, -0.05) is 6.92 Å². The number of hydrogen-bond acceptors (Lipinski definition) is 3. The maximum Gasteiger partial charge on any atom is 0.401 e. The average Bonchev–Trinajstić information content (AvgIpc) is 2.39. The molecular formula is C15H24F3N3. The molecular weight excluding hydrogens is 279 g/mol. The van der Waals surface area contributed by atoms with E-state index < -0.39 is 12.7 Å². The first-order valence-electron chi connectivity index (χ1n) is 7.71. The van der Waals surface area contributed by atoms with Crippen LogP contribution in [0.25, 0.3) is 0 Å². The number of nitriles is 1. The highest BCUT2D eigenvalue weighted by Crippen LogP contribution is 2.40. The minimum Gasteiger partial charge on any atom is -0.298 e. The summed E-state index contributed by atoms with van der Waals surface area (Å²) >= 11 is 0. The quantitative estimate of drug-likeness (QED) is 0.803. The van der Waals surface area contributed by atoms with Crippen LogP contribution in [-0.2, 0) is 0 Å². The topological polar surface area (TPSA) is 30.3 Å². The molecule has 2 aliphatic rings. The van der Waals surface area contributed by atoms with E-state index in [1.807, 2.05) is 0 Å². The predicted molar refractivity (Wildman–Crippen MR) is 74.7 cm³/mol. The molecule has 0 spiro atoms. The van der Waals surface area contributed by atoms with Crippen LogP contribution in [0.1, 0.15) is 39.0 Å². The smallest absolute Gasteiger partial charge is 0.298 e. The first-order valence-corrected chi connectivity index (χ1v) is 7.71. The summed E-state index contributed by atoms with van der Waals surface area (Å²) in [6.07, 6.45) is 0.752. The lowest BCUT2D eigenvalue weighted by molar-refractivity contribution is -0.150. The molecule has 3 nitrogen and oxygen atoms in total. The molecule has 2 rings (SSSR count). The molecule has 0 aromatic carbocycles. The summed E-state index contributed by atoms with van der Waals surface area (Å²) in [7, 11) is 0. The van der Waals surface area contributed by atoms with Crippen molar-refractivity contribution in [2.24, 2.45) is 5.41 Å². The van der Waals surface area contributed by atoms with Crippen molar-refractivity contribution in [1.82, 2.24) is 9.80 Å². The van der Waals surface area contributed by atoms with Crippen molar-refractivity contribution < 1.29 is 13.2 Å². The van der Waals surface area contributed by atoms with E-state index in [1.165, 1.54) is 4.90 Å². The van der Waals surface area contributed by atoms with Crippen LogP contribution in [0.5, 0.6) is 0 Å². The third kappa shape index (κ3) is 4.86. The zero-order valence-electron chi connectivity index (χ0n) is 12.6. The van der Waals surface area contributed by atoms with E-state index in [9.17, 15) is 13.2 Å². The van der Waals surface area contributed by atoms with Gasteiger partial charge in [0.05, 0.1) is 12.6 Å². The third-order valence-electron chi connectivity index (χ3n) is 4.99. The standard InChI is InChI=1S/C15H24F3N3/c1-14(6-7-19)4-2-13(3-5-14)21-10-8-20(9-11-21)12-15(16,17)18/h13H,2-6,8-12H2,1H3. The van der Waals surface area contributed by atoms with E-state index in [1.54, 1.807) is 0 Å². The van der Waals surface area contributed by atoms with E-state index in [-0.39, 0.29) is 5.41 Å². The van der Waals surface area contributed by atoms with Gasteiger partial charge in [0, 0.05) is 38.6 Å². The van der Waals surface area contributed by atoms with E-state index in [0.717, 1.165) is 38.8 Å². The Balaban J connectivity index is 1.76. The summed E-state index contributed by atoms with van der Waals surface area (Å²) in [5.41, 5.74) is 0.142. The van der Waals surface area contributed by atoms with Crippen LogP contribution in [0, 0.1) is 16.7 Å². The van der Waals surface area contributed by atoms with Gasteiger partial charge in [0.2, 0.25) is 0 Å². The van der Waals surface area contributed by atoms with Gasteiger partial charge in [0.1, 0.15) is 0 Å². The molecule has 0 atom stereocenters. The van der Waals surface area contributed by atoms with Gasteiger partial charge in [0.25, 0.3) is 0 Å². The Bertz CT molecular complexity index is 373. The first-order chi connectivity index (χ1) is 9.81. The van der Waals surface area contributed by atoms with E-state index in [0.29, 0.717) is 25.6 Å². The number of halogens is 3. The Kier molecular flexibility index (Phi) is 5.15. The third-order valence-corrected chi connectivity index (χ3v) is 4.99. The maximum atomic E-state index is 12.4. The predicted octanol–water partition coefficient (Wildman–Crippen LogP) is 3.03. The minimum absolute atomic E-state index is 0.142. The summed E-state index contributed by atoms with van der Waals surface area (Å²) in [5, 5.41) is 8.86. The number of alkyl halides is 3. The Morgan fingerprint density at radius 3 is 2.19 bits per heavy atom. The lowest BCUT2D eigenvalue weighted by atomic mass is 9.72. The molecule has 0 aromatic heterocycles. The fourth-order valence-electron chi connectivity index (χ4n) is 3.57. The molecule has 1 saturated heterocycles. The maximum absolute atomic E-state index is 12.4. The SMILES string of the molecule is CC1(CC#N)CCC(N2CCN(CC(F)(F)F)CC2)CC1. The molecule has 2 fully saturated rings. The molecule has 1 saturated carbocycles. The highest BCUT2D eigenvalue weighted by molar-refractivity contribution is 4.92. The first kappa shape index (κ1) is 16.6. The van der Waals surface area contributed by atoms with E-state index >= 15 is 0 Å². The molecule has 0 bridgehead atoms. The van der Waals surface area contributed by atoms with Gasteiger partial charge in [-0.25, -0.2) is 0 Å². The second kappa shape index (κ2) is 6.53. The van der Waals surface area contributed by atoms with Crippen molar-refractivity contribution in [1.29, 1.82) is 5.26 Å². The van der Waals surface area contributed by atoms with Crippen LogP contribution in [0.2, 0.25) is 0 Å². The van der Waals surface area contributed by atoms with E-state index in [4.69, 9.17) is 5.26 Å². The monoisotopic (exact) mass is 303 g/mol. The molecule has 1 aliphatic carbocycles. The highest BCUT2D eigenvalue weighted by atomic mass is 19.4. The Morgan fingerprint density at radius 2 is 1.71 bits per heavy atom. The number of rotatable bonds is 3. The van der Waals surface area contributed by atoms with Crippen molar-refractivity contribution in [3.8, 4) is 6.07 Å². The van der Waals surface area contributed by atoms with Gasteiger partial charge in [-0.05, 0) is 31.1 Å². The van der Waals surface area contributed by atoms with Gasteiger partial charge in [0.15, 0.2) is 0 Å². The van der Waals surface area contributed by atoms with Crippen molar-refractivity contribution in [2.45, 2.75) is 51.2 Å². The second-order valence-electron chi connectivity index (χ2n) is 6.80. The molecule has 0 amide bonds. The van der Waals surface area contributed by atoms with Gasteiger partial charge >= 0.3 is 6.18 Å². The molecule has 1 heterocycles. The van der Waals surface area contributed by atoms with Gasteiger partial charge in [-0.2, -0.15) is 18.4 Å². The molecule has 120 valence electrons.